The summed E-state index contributed by atoms with van der Waals surface area (Å²) < 4.78 is 5.67. The zero-order valence-corrected chi connectivity index (χ0v) is 12.5. The van der Waals surface area contributed by atoms with Gasteiger partial charge in [0.05, 0.1) is 12.8 Å². The van der Waals surface area contributed by atoms with E-state index < -0.39 is 0 Å². The quantitative estimate of drug-likeness (QED) is 0.880. The van der Waals surface area contributed by atoms with Crippen molar-refractivity contribution in [2.24, 2.45) is 5.73 Å². The van der Waals surface area contributed by atoms with Crippen LogP contribution in [0.5, 0.6) is 5.75 Å². The van der Waals surface area contributed by atoms with E-state index in [2.05, 4.69) is 36.2 Å². The molecular formula is C18H22N2O. The van der Waals surface area contributed by atoms with Crippen LogP contribution in [0.2, 0.25) is 0 Å². The van der Waals surface area contributed by atoms with Crippen LogP contribution < -0.4 is 10.5 Å². The smallest absolute Gasteiger partial charge is 0.137 e. The lowest BCUT2D eigenvalue weighted by atomic mass is 9.85. The van der Waals surface area contributed by atoms with Crippen molar-refractivity contribution in [3.63, 3.8) is 0 Å². The average molecular weight is 282 g/mol. The molecule has 1 unspecified atom stereocenters. The molecule has 110 valence electrons. The number of ether oxygens (including phenoxy) is 1. The predicted molar refractivity (Wildman–Crippen MR) is 84.3 cm³/mol. The maximum Gasteiger partial charge on any atom is 0.137 e. The van der Waals surface area contributed by atoms with Crippen LogP contribution in [0, 0.1) is 0 Å². The van der Waals surface area contributed by atoms with Gasteiger partial charge in [0.1, 0.15) is 5.75 Å². The maximum absolute atomic E-state index is 6.57. The Balaban J connectivity index is 1.84. The highest BCUT2D eigenvalue weighted by Crippen LogP contribution is 2.55. The SMILES string of the molecule is CCCOc1cncc(C(N)C2(c3ccccc3)CC2)c1. The molecule has 1 aliphatic rings. The van der Waals surface area contributed by atoms with E-state index in [1.165, 1.54) is 5.56 Å². The van der Waals surface area contributed by atoms with Gasteiger partial charge in [-0.1, -0.05) is 37.3 Å². The monoisotopic (exact) mass is 282 g/mol. The van der Waals surface area contributed by atoms with E-state index in [9.17, 15) is 0 Å². The Morgan fingerprint density at radius 1 is 1.24 bits per heavy atom. The minimum atomic E-state index is -0.0300. The zero-order chi connectivity index (χ0) is 14.7. The molecule has 1 aliphatic carbocycles. The molecule has 1 aromatic heterocycles. The van der Waals surface area contributed by atoms with Crippen LogP contribution in [0.15, 0.2) is 48.8 Å². The number of benzene rings is 1. The van der Waals surface area contributed by atoms with Crippen LogP contribution >= 0.6 is 0 Å². The van der Waals surface area contributed by atoms with Gasteiger partial charge < -0.3 is 10.5 Å². The highest BCUT2D eigenvalue weighted by atomic mass is 16.5. The molecular weight excluding hydrogens is 260 g/mol. The summed E-state index contributed by atoms with van der Waals surface area (Å²) in [6, 6.07) is 12.6. The molecule has 1 saturated carbocycles. The van der Waals surface area contributed by atoms with E-state index in [1.807, 2.05) is 18.3 Å². The third-order valence-electron chi connectivity index (χ3n) is 4.30. The summed E-state index contributed by atoms with van der Waals surface area (Å²) in [4.78, 5) is 4.29. The Bertz CT molecular complexity index is 593. The third-order valence-corrected chi connectivity index (χ3v) is 4.30. The van der Waals surface area contributed by atoms with E-state index in [-0.39, 0.29) is 11.5 Å². The summed E-state index contributed by atoms with van der Waals surface area (Å²) in [5.74, 6) is 0.814. The van der Waals surface area contributed by atoms with E-state index in [0.717, 1.165) is 30.6 Å². The Labute approximate surface area is 126 Å². The standard InChI is InChI=1S/C18H22N2O/c1-2-10-21-16-11-14(12-20-13-16)17(19)18(8-9-18)15-6-4-3-5-7-15/h3-7,11-13,17H,2,8-10,19H2,1H3. The van der Waals surface area contributed by atoms with Gasteiger partial charge in [0.15, 0.2) is 0 Å². The Morgan fingerprint density at radius 3 is 2.67 bits per heavy atom. The topological polar surface area (TPSA) is 48.1 Å². The summed E-state index contributed by atoms with van der Waals surface area (Å²) in [6.07, 6.45) is 6.89. The molecule has 3 nitrogen and oxygen atoms in total. The van der Waals surface area contributed by atoms with Crippen molar-refractivity contribution >= 4 is 0 Å². The van der Waals surface area contributed by atoms with E-state index in [0.29, 0.717) is 6.61 Å². The van der Waals surface area contributed by atoms with Crippen molar-refractivity contribution in [3.05, 3.63) is 59.9 Å². The van der Waals surface area contributed by atoms with Gasteiger partial charge in [-0.15, -0.1) is 0 Å². The molecule has 2 aromatic rings. The minimum absolute atomic E-state index is 0.0300. The maximum atomic E-state index is 6.57. The Hall–Kier alpha value is -1.87. The lowest BCUT2D eigenvalue weighted by molar-refractivity contribution is 0.315. The van der Waals surface area contributed by atoms with Crippen LogP contribution in [0.3, 0.4) is 0 Å². The molecule has 0 amide bonds. The lowest BCUT2D eigenvalue weighted by Crippen LogP contribution is -2.26. The van der Waals surface area contributed by atoms with Crippen LogP contribution in [0.1, 0.15) is 43.4 Å². The van der Waals surface area contributed by atoms with Crippen LogP contribution in [0.4, 0.5) is 0 Å². The molecule has 21 heavy (non-hydrogen) atoms. The summed E-state index contributed by atoms with van der Waals surface area (Å²) in [5.41, 5.74) is 9.04. The molecule has 3 rings (SSSR count). The van der Waals surface area contributed by atoms with Gasteiger partial charge in [-0.25, -0.2) is 0 Å². The predicted octanol–water partition coefficient (Wildman–Crippen LogP) is 3.60. The van der Waals surface area contributed by atoms with Gasteiger partial charge in [-0.05, 0) is 36.5 Å². The molecule has 0 radical (unpaired) electrons. The first-order valence-electron chi connectivity index (χ1n) is 7.65. The van der Waals surface area contributed by atoms with Crippen molar-refractivity contribution in [1.82, 2.24) is 4.98 Å². The zero-order valence-electron chi connectivity index (χ0n) is 12.5. The van der Waals surface area contributed by atoms with E-state index in [4.69, 9.17) is 10.5 Å². The molecule has 0 aliphatic heterocycles. The van der Waals surface area contributed by atoms with Crippen LogP contribution in [-0.2, 0) is 5.41 Å². The first-order valence-corrected chi connectivity index (χ1v) is 7.65. The fourth-order valence-electron chi connectivity index (χ4n) is 2.91. The van der Waals surface area contributed by atoms with Crippen molar-refractivity contribution in [2.45, 2.75) is 37.6 Å². The number of aromatic nitrogens is 1. The fourth-order valence-corrected chi connectivity index (χ4v) is 2.91. The Morgan fingerprint density at radius 2 is 2.00 bits per heavy atom. The molecule has 1 heterocycles. The summed E-state index contributed by atoms with van der Waals surface area (Å²) in [6.45, 7) is 2.81. The van der Waals surface area contributed by atoms with Gasteiger partial charge in [-0.3, -0.25) is 4.98 Å². The van der Waals surface area contributed by atoms with Gasteiger partial charge in [0.25, 0.3) is 0 Å². The van der Waals surface area contributed by atoms with Crippen molar-refractivity contribution < 1.29 is 4.74 Å². The van der Waals surface area contributed by atoms with Gasteiger partial charge in [-0.2, -0.15) is 0 Å². The van der Waals surface area contributed by atoms with E-state index >= 15 is 0 Å². The molecule has 0 spiro atoms. The first kappa shape index (κ1) is 14.1. The average Bonchev–Trinajstić information content (AvgIpc) is 3.35. The summed E-state index contributed by atoms with van der Waals surface area (Å²) in [5, 5.41) is 0. The van der Waals surface area contributed by atoms with Crippen LogP contribution in [0.25, 0.3) is 0 Å². The Kier molecular flexibility index (Phi) is 3.93. The number of nitrogens with two attached hydrogens (primary N) is 1. The minimum Gasteiger partial charge on any atom is -0.492 e. The highest BCUT2D eigenvalue weighted by molar-refractivity contribution is 5.39. The normalized spacial score (nSPS) is 17.2. The molecule has 3 heteroatoms. The van der Waals surface area contributed by atoms with Gasteiger partial charge >= 0.3 is 0 Å². The molecule has 1 atom stereocenters. The number of pyridine rings is 1. The molecule has 0 bridgehead atoms. The lowest BCUT2D eigenvalue weighted by Gasteiger charge is -2.24. The highest BCUT2D eigenvalue weighted by Gasteiger charge is 2.49. The largest absolute Gasteiger partial charge is 0.492 e. The van der Waals surface area contributed by atoms with Crippen molar-refractivity contribution in [2.75, 3.05) is 6.61 Å². The van der Waals surface area contributed by atoms with Crippen molar-refractivity contribution in [1.29, 1.82) is 0 Å². The second-order valence-electron chi connectivity index (χ2n) is 5.80. The second kappa shape index (κ2) is 5.86. The molecule has 1 aromatic carbocycles. The molecule has 2 N–H and O–H groups in total. The second-order valence-corrected chi connectivity index (χ2v) is 5.80. The molecule has 1 fully saturated rings. The first-order chi connectivity index (χ1) is 10.3. The van der Waals surface area contributed by atoms with E-state index in [1.54, 1.807) is 6.20 Å². The van der Waals surface area contributed by atoms with Gasteiger partial charge in [0, 0.05) is 17.7 Å². The number of hydrogen-bond acceptors (Lipinski definition) is 3. The van der Waals surface area contributed by atoms with Gasteiger partial charge in [0.2, 0.25) is 0 Å². The fraction of sp³-hybridized carbons (Fsp3) is 0.389. The summed E-state index contributed by atoms with van der Waals surface area (Å²) in [7, 11) is 0. The summed E-state index contributed by atoms with van der Waals surface area (Å²) >= 11 is 0. The number of hydrogen-bond donors (Lipinski definition) is 1. The third kappa shape index (κ3) is 2.79. The van der Waals surface area contributed by atoms with Crippen molar-refractivity contribution in [3.8, 4) is 5.75 Å². The molecule has 0 saturated heterocycles. The number of nitrogens with zero attached hydrogens (tertiary/aromatic N) is 1. The number of rotatable bonds is 6. The van der Waals surface area contributed by atoms with Crippen LogP contribution in [-0.4, -0.2) is 11.6 Å².